The molecule has 3 aliphatic carbocycles. The number of allylic oxidation sites excluding steroid dienone is 1. The van der Waals surface area contributed by atoms with Crippen LogP contribution in [0.5, 0.6) is 0 Å². The molecule has 0 heterocycles. The highest BCUT2D eigenvalue weighted by molar-refractivity contribution is 5.96. The number of carbonyl (C=O) groups excluding carboxylic acids is 1. The molecule has 0 unspecified atom stereocenters. The molecule has 3 aliphatic rings. The monoisotopic (exact) mass is 505 g/mol. The Labute approximate surface area is 221 Å². The average Bonchev–Trinajstić information content (AvgIpc) is 2.83. The van der Waals surface area contributed by atoms with E-state index in [1.54, 1.807) is 6.08 Å². The van der Waals surface area contributed by atoms with E-state index in [2.05, 4.69) is 25.8 Å². The minimum Gasteiger partial charge on any atom is -0.464 e. The smallest absolute Gasteiger partial charge is 0.333 e. The summed E-state index contributed by atoms with van der Waals surface area (Å²) in [6.45, 7) is 10.7. The fraction of sp³-hybridized carbons (Fsp3) is 0.871. The Kier molecular flexibility index (Phi) is 13.2. The van der Waals surface area contributed by atoms with Gasteiger partial charge >= 0.3 is 5.97 Å². The van der Waals surface area contributed by atoms with Gasteiger partial charge in [0, 0.05) is 5.71 Å². The number of hydrogen-bond donors (Lipinski definition) is 2. The van der Waals surface area contributed by atoms with Crippen LogP contribution >= 0.6 is 0 Å². The molecule has 2 bridgehead atoms. The fourth-order valence-corrected chi connectivity index (χ4v) is 6.13. The Morgan fingerprint density at radius 1 is 1.00 bits per heavy atom. The molecule has 208 valence electrons. The number of fused-ring (bicyclic) bond motifs is 2. The third-order valence-corrected chi connectivity index (χ3v) is 8.79. The predicted molar refractivity (Wildman–Crippen MR) is 149 cm³/mol. The third kappa shape index (κ3) is 8.68. The van der Waals surface area contributed by atoms with E-state index in [9.17, 15) is 15.0 Å². The van der Waals surface area contributed by atoms with Gasteiger partial charge in [0.1, 0.15) is 11.7 Å². The molecule has 0 spiro atoms. The summed E-state index contributed by atoms with van der Waals surface area (Å²) in [6, 6.07) is -1.02. The van der Waals surface area contributed by atoms with E-state index in [0.717, 1.165) is 25.7 Å². The molecule has 3 rings (SSSR count). The maximum Gasteiger partial charge on any atom is 0.333 e. The van der Waals surface area contributed by atoms with Crippen molar-refractivity contribution in [3.8, 4) is 0 Å². The maximum atomic E-state index is 12.8. The van der Waals surface area contributed by atoms with Gasteiger partial charge in [-0.2, -0.15) is 0 Å². The molecule has 0 aromatic heterocycles. The quantitative estimate of drug-likeness (QED) is 0.117. The standard InChI is InChI=1S/C31H55NO4/c1-6-8-9-10-11-12-13-14-15-16-17-18-19-20-25(33)28(29(34)36-21-7-2)32-27-23-24-22-26(30(24,3)4)31(27,5)35/h19-20,24-26,28,33,35H,6-18,21-23H2,1-5H3/b20-19+,32-27?/t24-,25+,26-,28-,31-/m0/s1. The maximum absolute atomic E-state index is 12.8. The van der Waals surface area contributed by atoms with Crippen LogP contribution in [-0.4, -0.2) is 46.2 Å². The lowest BCUT2D eigenvalue weighted by Gasteiger charge is -2.62. The second kappa shape index (κ2) is 15.3. The van der Waals surface area contributed by atoms with Gasteiger partial charge in [0.25, 0.3) is 0 Å². The number of ether oxygens (including phenoxy) is 1. The Hall–Kier alpha value is -1.20. The first kappa shape index (κ1) is 31.0. The molecule has 5 heteroatoms. The Morgan fingerprint density at radius 3 is 2.11 bits per heavy atom. The van der Waals surface area contributed by atoms with E-state index in [1.165, 1.54) is 64.2 Å². The molecule has 0 saturated heterocycles. The third-order valence-electron chi connectivity index (χ3n) is 8.79. The van der Waals surface area contributed by atoms with E-state index in [1.807, 2.05) is 19.9 Å². The normalized spacial score (nSPS) is 27.7. The summed E-state index contributed by atoms with van der Waals surface area (Å²) < 4.78 is 5.36. The van der Waals surface area contributed by atoms with Crippen LogP contribution in [-0.2, 0) is 9.53 Å². The zero-order valence-corrected chi connectivity index (χ0v) is 23.9. The molecule has 0 aromatic rings. The number of aliphatic imine (C=N–C) groups is 1. The highest BCUT2D eigenvalue weighted by Gasteiger charge is 2.61. The summed E-state index contributed by atoms with van der Waals surface area (Å²) in [5.74, 6) is 0.0802. The number of rotatable bonds is 18. The van der Waals surface area contributed by atoms with Crippen LogP contribution in [0.3, 0.4) is 0 Å². The van der Waals surface area contributed by atoms with Crippen molar-refractivity contribution >= 4 is 11.7 Å². The minimum atomic E-state index is -1.06. The van der Waals surface area contributed by atoms with E-state index < -0.39 is 23.7 Å². The fourth-order valence-electron chi connectivity index (χ4n) is 6.13. The van der Waals surface area contributed by atoms with Gasteiger partial charge in [0.05, 0.1) is 6.61 Å². The number of aliphatic hydroxyl groups is 2. The van der Waals surface area contributed by atoms with Gasteiger partial charge in [-0.3, -0.25) is 4.99 Å². The average molecular weight is 506 g/mol. The second-order valence-electron chi connectivity index (χ2n) is 12.1. The highest BCUT2D eigenvalue weighted by Crippen LogP contribution is 2.61. The Morgan fingerprint density at radius 2 is 1.58 bits per heavy atom. The summed E-state index contributed by atoms with van der Waals surface area (Å²) in [5.41, 5.74) is -0.340. The van der Waals surface area contributed by atoms with E-state index in [-0.39, 0.29) is 11.3 Å². The van der Waals surface area contributed by atoms with Crippen molar-refractivity contribution in [2.24, 2.45) is 22.2 Å². The number of esters is 1. The van der Waals surface area contributed by atoms with Crippen LogP contribution in [0.4, 0.5) is 0 Å². The summed E-state index contributed by atoms with van der Waals surface area (Å²) in [7, 11) is 0. The van der Waals surface area contributed by atoms with Crippen LogP contribution < -0.4 is 0 Å². The van der Waals surface area contributed by atoms with Crippen LogP contribution in [0.15, 0.2) is 17.1 Å². The first-order valence-electron chi connectivity index (χ1n) is 15.0. The Balaban J connectivity index is 1.80. The molecule has 0 aromatic carbocycles. The number of nitrogens with zero attached hydrogens (tertiary/aromatic N) is 1. The van der Waals surface area contributed by atoms with Gasteiger partial charge in [0.15, 0.2) is 6.04 Å². The SMILES string of the molecule is CCCCCCCCCCCCC/C=C/[C@@H](O)[C@H](N=C1C[C@@H]2C[C@@H](C2(C)C)[C@]1(C)O)C(=O)OCCC. The molecule has 0 amide bonds. The lowest BCUT2D eigenvalue weighted by molar-refractivity contribution is -0.147. The van der Waals surface area contributed by atoms with Crippen LogP contribution in [0, 0.1) is 17.3 Å². The summed E-state index contributed by atoms with van der Waals surface area (Å²) in [5, 5.41) is 22.1. The van der Waals surface area contributed by atoms with Crippen molar-refractivity contribution in [1.29, 1.82) is 0 Å². The van der Waals surface area contributed by atoms with Crippen molar-refractivity contribution < 1.29 is 19.7 Å². The Bertz CT molecular complexity index is 711. The lowest BCUT2D eigenvalue weighted by atomic mass is 9.44. The van der Waals surface area contributed by atoms with Gasteiger partial charge in [-0.25, -0.2) is 4.79 Å². The lowest BCUT2D eigenvalue weighted by Crippen LogP contribution is -2.65. The first-order valence-corrected chi connectivity index (χ1v) is 15.0. The van der Waals surface area contributed by atoms with Crippen molar-refractivity contribution in [3.63, 3.8) is 0 Å². The molecule has 36 heavy (non-hydrogen) atoms. The summed E-state index contributed by atoms with van der Waals surface area (Å²) in [6.07, 6.45) is 20.3. The summed E-state index contributed by atoms with van der Waals surface area (Å²) >= 11 is 0. The molecular weight excluding hydrogens is 450 g/mol. The number of hydrogen-bond acceptors (Lipinski definition) is 5. The molecule has 0 radical (unpaired) electrons. The van der Waals surface area contributed by atoms with Crippen LogP contribution in [0.2, 0.25) is 0 Å². The second-order valence-corrected chi connectivity index (χ2v) is 12.1. The highest BCUT2D eigenvalue weighted by atomic mass is 16.5. The van der Waals surface area contributed by atoms with Crippen molar-refractivity contribution in [3.05, 3.63) is 12.2 Å². The van der Waals surface area contributed by atoms with Gasteiger partial charge in [-0.1, -0.05) is 104 Å². The molecule has 3 fully saturated rings. The number of unbranched alkanes of at least 4 members (excludes halogenated alkanes) is 11. The van der Waals surface area contributed by atoms with E-state index in [4.69, 9.17) is 4.74 Å². The van der Waals surface area contributed by atoms with E-state index in [0.29, 0.717) is 24.7 Å². The zero-order chi connectivity index (χ0) is 26.6. The molecule has 5 nitrogen and oxygen atoms in total. The predicted octanol–water partition coefficient (Wildman–Crippen LogP) is 7.18. The van der Waals surface area contributed by atoms with Crippen molar-refractivity contribution in [2.45, 2.75) is 149 Å². The van der Waals surface area contributed by atoms with Crippen LogP contribution in [0.1, 0.15) is 131 Å². The molecular formula is C31H55NO4. The molecule has 0 aliphatic heterocycles. The van der Waals surface area contributed by atoms with Crippen LogP contribution in [0.25, 0.3) is 0 Å². The molecule has 5 atom stereocenters. The van der Waals surface area contributed by atoms with Crippen molar-refractivity contribution in [2.75, 3.05) is 6.61 Å². The number of aliphatic hydroxyl groups excluding tert-OH is 1. The zero-order valence-electron chi connectivity index (χ0n) is 23.9. The minimum absolute atomic E-state index is 0.0773. The molecule has 2 N–H and O–H groups in total. The van der Waals surface area contributed by atoms with Gasteiger partial charge in [-0.15, -0.1) is 0 Å². The van der Waals surface area contributed by atoms with E-state index >= 15 is 0 Å². The number of carbonyl (C=O) groups is 1. The van der Waals surface area contributed by atoms with Gasteiger partial charge in [0.2, 0.25) is 0 Å². The first-order chi connectivity index (χ1) is 17.2. The van der Waals surface area contributed by atoms with Gasteiger partial charge < -0.3 is 14.9 Å². The largest absolute Gasteiger partial charge is 0.464 e. The molecule has 3 saturated carbocycles. The van der Waals surface area contributed by atoms with Crippen molar-refractivity contribution in [1.82, 2.24) is 0 Å². The summed E-state index contributed by atoms with van der Waals surface area (Å²) in [4.78, 5) is 17.4. The van der Waals surface area contributed by atoms with Gasteiger partial charge in [-0.05, 0) is 56.3 Å². The topological polar surface area (TPSA) is 79.1 Å².